The zero-order chi connectivity index (χ0) is 23.1. The first-order valence-corrected chi connectivity index (χ1v) is 11.0. The lowest BCUT2D eigenvalue weighted by atomic mass is 10.0. The van der Waals surface area contributed by atoms with Crippen LogP contribution in [0.1, 0.15) is 35.8 Å². The van der Waals surface area contributed by atoms with Crippen LogP contribution in [0.4, 0.5) is 4.39 Å². The average molecular weight is 461 g/mol. The van der Waals surface area contributed by atoms with Crippen molar-refractivity contribution in [2.24, 2.45) is 0 Å². The zero-order valence-corrected chi connectivity index (χ0v) is 18.0. The van der Waals surface area contributed by atoms with Crippen LogP contribution >= 0.6 is 11.3 Å². The third-order valence-corrected chi connectivity index (χ3v) is 6.22. The van der Waals surface area contributed by atoms with E-state index in [1.54, 1.807) is 6.08 Å². The summed E-state index contributed by atoms with van der Waals surface area (Å²) < 4.78 is 19.6. The number of fused-ring (bicyclic) bond motifs is 1. The molecule has 32 heavy (non-hydrogen) atoms. The minimum atomic E-state index is -1.18. The fraction of sp³-hybridized carbons (Fsp3) is 0.292. The standard InChI is InChI=1S/C24H25FO6S/c25-15-8-10-16(11-9-15)31-14-21(28)24-18(17-4-1-2-6-22(17)32-24)12-13-20(27)19(26)5-3-7-23(29)30/h1-2,4,6,8-13,19-21,26-28H,3,5,7,14H2,(H,29,30)/b13-12+. The van der Waals surface area contributed by atoms with Gasteiger partial charge in [0.1, 0.15) is 24.3 Å². The Morgan fingerprint density at radius 3 is 2.53 bits per heavy atom. The molecule has 2 aromatic carbocycles. The molecular formula is C24H25FO6S. The summed E-state index contributed by atoms with van der Waals surface area (Å²) in [5.41, 5.74) is 0.706. The number of aliphatic hydroxyl groups is 3. The summed E-state index contributed by atoms with van der Waals surface area (Å²) in [5.74, 6) is -0.893. The molecule has 3 rings (SSSR count). The van der Waals surface area contributed by atoms with Crippen LogP contribution in [0.25, 0.3) is 16.2 Å². The molecule has 3 aromatic rings. The normalized spacial score (nSPS) is 14.5. The molecule has 1 aromatic heterocycles. The van der Waals surface area contributed by atoms with Crippen molar-refractivity contribution in [1.82, 2.24) is 0 Å². The molecule has 0 saturated carbocycles. The summed E-state index contributed by atoms with van der Waals surface area (Å²) in [7, 11) is 0. The number of aliphatic hydroxyl groups excluding tert-OH is 3. The number of hydrogen-bond acceptors (Lipinski definition) is 6. The molecule has 6 nitrogen and oxygen atoms in total. The van der Waals surface area contributed by atoms with Gasteiger partial charge in [0, 0.05) is 21.4 Å². The van der Waals surface area contributed by atoms with Crippen LogP contribution in [0.3, 0.4) is 0 Å². The van der Waals surface area contributed by atoms with Crippen LogP contribution in [0.15, 0.2) is 54.6 Å². The number of thiophene rings is 1. The van der Waals surface area contributed by atoms with Crippen molar-refractivity contribution in [2.75, 3.05) is 6.61 Å². The highest BCUT2D eigenvalue weighted by atomic mass is 32.1. The third-order valence-electron chi connectivity index (χ3n) is 4.93. The van der Waals surface area contributed by atoms with Crippen molar-refractivity contribution in [3.63, 3.8) is 0 Å². The van der Waals surface area contributed by atoms with Crippen LogP contribution in [0.5, 0.6) is 5.75 Å². The van der Waals surface area contributed by atoms with E-state index in [9.17, 15) is 24.5 Å². The van der Waals surface area contributed by atoms with Gasteiger partial charge < -0.3 is 25.2 Å². The molecule has 0 aliphatic carbocycles. The number of ether oxygens (including phenoxy) is 1. The monoisotopic (exact) mass is 460 g/mol. The van der Waals surface area contributed by atoms with E-state index >= 15 is 0 Å². The van der Waals surface area contributed by atoms with E-state index in [2.05, 4.69) is 0 Å². The van der Waals surface area contributed by atoms with Crippen molar-refractivity contribution >= 4 is 33.5 Å². The fourth-order valence-electron chi connectivity index (χ4n) is 3.24. The Balaban J connectivity index is 1.75. The quantitative estimate of drug-likeness (QED) is 0.343. The molecule has 170 valence electrons. The molecule has 0 spiro atoms. The van der Waals surface area contributed by atoms with E-state index in [4.69, 9.17) is 9.84 Å². The summed E-state index contributed by atoms with van der Waals surface area (Å²) in [6.45, 7) is -0.0420. The second-order valence-corrected chi connectivity index (χ2v) is 8.44. The topological polar surface area (TPSA) is 107 Å². The number of carboxylic acids is 1. The molecule has 4 N–H and O–H groups in total. The average Bonchev–Trinajstić information content (AvgIpc) is 3.15. The van der Waals surface area contributed by atoms with E-state index < -0.39 is 24.3 Å². The van der Waals surface area contributed by atoms with Gasteiger partial charge >= 0.3 is 5.97 Å². The van der Waals surface area contributed by atoms with E-state index in [-0.39, 0.29) is 31.7 Å². The molecule has 8 heteroatoms. The molecule has 3 unspecified atom stereocenters. The molecule has 0 fully saturated rings. The fourth-order valence-corrected chi connectivity index (χ4v) is 4.41. The van der Waals surface area contributed by atoms with Crippen LogP contribution in [-0.4, -0.2) is 45.2 Å². The Morgan fingerprint density at radius 2 is 1.81 bits per heavy atom. The molecule has 3 atom stereocenters. The lowest BCUT2D eigenvalue weighted by Crippen LogP contribution is -2.23. The number of benzene rings is 2. The maximum atomic E-state index is 13.1. The number of carbonyl (C=O) groups is 1. The Bertz CT molecular complexity index is 1060. The van der Waals surface area contributed by atoms with Crippen molar-refractivity contribution in [1.29, 1.82) is 0 Å². The SMILES string of the molecule is O=C(O)CCCC(O)C(O)/C=C/c1c(C(O)COc2ccc(F)cc2)sc2ccccc12. The number of rotatable bonds is 11. The highest BCUT2D eigenvalue weighted by molar-refractivity contribution is 7.19. The van der Waals surface area contributed by atoms with Crippen molar-refractivity contribution in [3.8, 4) is 5.75 Å². The van der Waals surface area contributed by atoms with Gasteiger partial charge in [-0.1, -0.05) is 30.4 Å². The predicted octanol–water partition coefficient (Wildman–Crippen LogP) is 4.14. The van der Waals surface area contributed by atoms with Crippen molar-refractivity contribution in [3.05, 3.63) is 70.9 Å². The van der Waals surface area contributed by atoms with Crippen molar-refractivity contribution in [2.45, 2.75) is 37.6 Å². The summed E-state index contributed by atoms with van der Waals surface area (Å²) in [6.07, 6.45) is 0.199. The third kappa shape index (κ3) is 6.37. The summed E-state index contributed by atoms with van der Waals surface area (Å²) in [6, 6.07) is 13.1. The van der Waals surface area contributed by atoms with Crippen LogP contribution in [0, 0.1) is 5.82 Å². The second-order valence-electron chi connectivity index (χ2n) is 7.36. The molecule has 0 amide bonds. The zero-order valence-electron chi connectivity index (χ0n) is 17.2. The highest BCUT2D eigenvalue weighted by Crippen LogP contribution is 2.36. The van der Waals surface area contributed by atoms with E-state index in [1.165, 1.54) is 41.7 Å². The van der Waals surface area contributed by atoms with Crippen LogP contribution < -0.4 is 4.74 Å². The Morgan fingerprint density at radius 1 is 1.09 bits per heavy atom. The number of halogens is 1. The maximum absolute atomic E-state index is 13.1. The summed E-state index contributed by atoms with van der Waals surface area (Å²) in [4.78, 5) is 11.2. The van der Waals surface area contributed by atoms with Gasteiger partial charge in [-0.05, 0) is 48.7 Å². The van der Waals surface area contributed by atoms with E-state index in [0.29, 0.717) is 16.2 Å². The van der Waals surface area contributed by atoms with Crippen LogP contribution in [-0.2, 0) is 4.79 Å². The first kappa shape index (κ1) is 23.9. The van der Waals surface area contributed by atoms with Crippen molar-refractivity contribution < 1.29 is 34.3 Å². The maximum Gasteiger partial charge on any atom is 0.303 e. The van der Waals surface area contributed by atoms with Gasteiger partial charge in [-0.15, -0.1) is 11.3 Å². The molecule has 0 radical (unpaired) electrons. The Labute approximate surface area is 188 Å². The number of carboxylic acid groups (broad SMARTS) is 1. The van der Waals surface area contributed by atoms with Gasteiger partial charge in [-0.25, -0.2) is 4.39 Å². The largest absolute Gasteiger partial charge is 0.490 e. The highest BCUT2D eigenvalue weighted by Gasteiger charge is 2.19. The Kier molecular flexibility index (Phi) is 8.35. The number of aliphatic carboxylic acids is 1. The van der Waals surface area contributed by atoms with Gasteiger partial charge in [-0.2, -0.15) is 0 Å². The molecule has 0 bridgehead atoms. The molecule has 0 saturated heterocycles. The molecular weight excluding hydrogens is 435 g/mol. The summed E-state index contributed by atoms with van der Waals surface area (Å²) >= 11 is 1.40. The van der Waals surface area contributed by atoms with Gasteiger partial charge in [-0.3, -0.25) is 4.79 Å². The lowest BCUT2D eigenvalue weighted by Gasteiger charge is -2.15. The Hall–Kier alpha value is -2.78. The van der Waals surface area contributed by atoms with Gasteiger partial charge in [0.25, 0.3) is 0 Å². The minimum absolute atomic E-state index is 0.0420. The van der Waals surface area contributed by atoms with Gasteiger partial charge in [0.2, 0.25) is 0 Å². The first-order chi connectivity index (χ1) is 15.3. The molecule has 0 aliphatic rings. The minimum Gasteiger partial charge on any atom is -0.490 e. The first-order valence-electron chi connectivity index (χ1n) is 10.2. The molecule has 1 heterocycles. The van der Waals surface area contributed by atoms with Gasteiger partial charge in [0.15, 0.2) is 0 Å². The second kappa shape index (κ2) is 11.2. The molecule has 0 aliphatic heterocycles. The predicted molar refractivity (Wildman–Crippen MR) is 121 cm³/mol. The lowest BCUT2D eigenvalue weighted by molar-refractivity contribution is -0.137. The van der Waals surface area contributed by atoms with Gasteiger partial charge in [0.05, 0.1) is 12.2 Å². The van der Waals surface area contributed by atoms with Crippen LogP contribution in [0.2, 0.25) is 0 Å². The van der Waals surface area contributed by atoms with E-state index in [0.717, 1.165) is 10.1 Å². The number of hydrogen-bond donors (Lipinski definition) is 4. The summed E-state index contributed by atoms with van der Waals surface area (Å²) in [5, 5.41) is 40.7. The smallest absolute Gasteiger partial charge is 0.303 e. The van der Waals surface area contributed by atoms with E-state index in [1.807, 2.05) is 24.3 Å².